The second-order valence-electron chi connectivity index (χ2n) is 7.74. The molecule has 2 aliphatic rings. The number of allylic oxidation sites excluding steroid dienone is 3. The molecular weight excluding hydrogens is 442 g/mol. The third-order valence-electron chi connectivity index (χ3n) is 5.45. The first-order chi connectivity index (χ1) is 14.7. The van der Waals surface area contributed by atoms with Crippen LogP contribution in [0.3, 0.4) is 0 Å². The zero-order valence-corrected chi connectivity index (χ0v) is 19.0. The van der Waals surface area contributed by atoms with Crippen LogP contribution in [0.1, 0.15) is 33.1 Å². The van der Waals surface area contributed by atoms with Gasteiger partial charge in [0.2, 0.25) is 21.9 Å². The van der Waals surface area contributed by atoms with Gasteiger partial charge in [-0.05, 0) is 32.1 Å². The smallest absolute Gasteiger partial charge is 0.243 e. The Kier molecular flexibility index (Phi) is 7.43. The summed E-state index contributed by atoms with van der Waals surface area (Å²) in [6.07, 6.45) is 6.36. The van der Waals surface area contributed by atoms with E-state index in [1.807, 2.05) is 5.48 Å². The summed E-state index contributed by atoms with van der Waals surface area (Å²) in [5.41, 5.74) is 7.68. The average molecular weight is 468 g/mol. The van der Waals surface area contributed by atoms with Crippen LogP contribution in [0.4, 0.5) is 5.95 Å². The highest BCUT2D eigenvalue weighted by atomic mass is 35.5. The van der Waals surface area contributed by atoms with E-state index in [0.29, 0.717) is 24.6 Å². The number of likely N-dealkylation sites (tertiary alicyclic amines) is 1. The van der Waals surface area contributed by atoms with Gasteiger partial charge in [0.15, 0.2) is 0 Å². The van der Waals surface area contributed by atoms with Crippen LogP contribution in [-0.2, 0) is 21.4 Å². The summed E-state index contributed by atoms with van der Waals surface area (Å²) in [4.78, 5) is 18.8. The number of hydrogen-bond acceptors (Lipinski definition) is 6. The maximum atomic E-state index is 13.3. The minimum absolute atomic E-state index is 0.0168. The molecule has 0 saturated carbocycles. The number of anilines is 1. The van der Waals surface area contributed by atoms with E-state index in [1.165, 1.54) is 12.3 Å². The third-order valence-corrected chi connectivity index (χ3v) is 7.52. The molecule has 1 aromatic rings. The van der Waals surface area contributed by atoms with Gasteiger partial charge in [-0.25, -0.2) is 18.9 Å². The van der Waals surface area contributed by atoms with Gasteiger partial charge in [0.1, 0.15) is 10.9 Å². The number of amides is 1. The van der Waals surface area contributed by atoms with Crippen molar-refractivity contribution in [1.82, 2.24) is 19.2 Å². The number of imidazole rings is 1. The number of hydrogen-bond donors (Lipinski definition) is 3. The molecular formula is C20H26ClN5O4S. The van der Waals surface area contributed by atoms with Gasteiger partial charge in [-0.15, -0.1) is 0 Å². The predicted octanol–water partition coefficient (Wildman–Crippen LogP) is 2.34. The Labute approximate surface area is 186 Å². The van der Waals surface area contributed by atoms with Crippen molar-refractivity contribution in [3.63, 3.8) is 0 Å². The molecule has 1 atom stereocenters. The number of sulfonamides is 1. The molecule has 1 fully saturated rings. The standard InChI is InChI=1S/C20H26ClN5O4S/c1-14-6-10-25(11-7-14)19(27)17(8-12-26-13-9-22-20(26)23-28)24-31(29,30)18-15(2)4-3-5-16(18)21/h5,9,13-14,17,24,28H,6-8,10-12H2,1-2H3,(H,22,23). The number of aryl methyl sites for hydroxylation is 1. The molecule has 31 heavy (non-hydrogen) atoms. The van der Waals surface area contributed by atoms with Crippen LogP contribution in [0, 0.1) is 5.92 Å². The Balaban J connectivity index is 1.83. The molecule has 3 N–H and O–H groups in total. The van der Waals surface area contributed by atoms with Crippen LogP contribution in [-0.4, -0.2) is 53.1 Å². The Hall–Kier alpha value is -2.32. The van der Waals surface area contributed by atoms with E-state index in [2.05, 4.69) is 28.1 Å². The molecule has 1 aromatic heterocycles. The number of nitrogens with zero attached hydrogens (tertiary/aromatic N) is 3. The summed E-state index contributed by atoms with van der Waals surface area (Å²) in [6.45, 7) is 5.14. The highest BCUT2D eigenvalue weighted by molar-refractivity contribution is 7.93. The lowest BCUT2D eigenvalue weighted by atomic mass is 9.98. The lowest BCUT2D eigenvalue weighted by Gasteiger charge is -2.33. The van der Waals surface area contributed by atoms with E-state index < -0.39 is 16.1 Å². The quantitative estimate of drug-likeness (QED) is 0.399. The highest BCUT2D eigenvalue weighted by Gasteiger charge is 2.33. The molecule has 1 aliphatic carbocycles. The van der Waals surface area contributed by atoms with Crippen LogP contribution in [0.25, 0.3) is 0 Å². The highest BCUT2D eigenvalue weighted by Crippen LogP contribution is 2.26. The summed E-state index contributed by atoms with van der Waals surface area (Å²) < 4.78 is 30.4. The van der Waals surface area contributed by atoms with Crippen molar-refractivity contribution in [3.05, 3.63) is 45.4 Å². The van der Waals surface area contributed by atoms with Gasteiger partial charge >= 0.3 is 0 Å². The Morgan fingerprint density at radius 1 is 1.42 bits per heavy atom. The van der Waals surface area contributed by atoms with E-state index in [1.54, 1.807) is 22.6 Å². The summed E-state index contributed by atoms with van der Waals surface area (Å²) in [5, 5.41) is 9.18. The van der Waals surface area contributed by atoms with Crippen molar-refractivity contribution in [3.8, 4) is 0 Å². The molecule has 11 heteroatoms. The first-order valence-corrected chi connectivity index (χ1v) is 11.9. The molecule has 0 radical (unpaired) electrons. The first kappa shape index (κ1) is 23.3. The first-order valence-electron chi connectivity index (χ1n) is 10.0. The minimum atomic E-state index is -4.09. The zero-order valence-electron chi connectivity index (χ0n) is 17.4. The van der Waals surface area contributed by atoms with Crippen molar-refractivity contribution in [2.24, 2.45) is 5.92 Å². The van der Waals surface area contributed by atoms with E-state index in [9.17, 15) is 13.2 Å². The van der Waals surface area contributed by atoms with Crippen LogP contribution in [0.15, 0.2) is 45.4 Å². The monoisotopic (exact) mass is 467 g/mol. The molecule has 1 unspecified atom stereocenters. The van der Waals surface area contributed by atoms with E-state index in [-0.39, 0.29) is 34.8 Å². The molecule has 0 spiro atoms. The Morgan fingerprint density at radius 3 is 2.77 bits per heavy atom. The second-order valence-corrected chi connectivity index (χ2v) is 9.80. The topological polar surface area (TPSA) is 117 Å². The van der Waals surface area contributed by atoms with Gasteiger partial charge < -0.3 is 9.47 Å². The number of halogens is 1. The molecule has 168 valence electrons. The predicted molar refractivity (Wildman–Crippen MR) is 117 cm³/mol. The van der Waals surface area contributed by atoms with E-state index in [4.69, 9.17) is 16.8 Å². The molecule has 1 aliphatic heterocycles. The molecule has 1 saturated heterocycles. The number of rotatable bonds is 8. The van der Waals surface area contributed by atoms with Gasteiger partial charge in [0.05, 0.1) is 5.03 Å². The fourth-order valence-electron chi connectivity index (χ4n) is 3.64. The van der Waals surface area contributed by atoms with Gasteiger partial charge in [0.25, 0.3) is 0 Å². The average Bonchev–Trinajstić information content (AvgIpc) is 3.18. The summed E-state index contributed by atoms with van der Waals surface area (Å²) in [5.74, 6) is 0.447. The summed E-state index contributed by atoms with van der Waals surface area (Å²) in [6, 6.07) is -1.01. The largest absolute Gasteiger partial charge is 0.341 e. The maximum Gasteiger partial charge on any atom is 0.243 e. The lowest BCUT2D eigenvalue weighted by Crippen LogP contribution is -2.51. The SMILES string of the molecule is CC1=C=C=CC(Cl)=C1S(=O)(=O)NC(CCn1ccnc1NO)C(=O)N1CCC(C)CC1. The van der Waals surface area contributed by atoms with Gasteiger partial charge in [-0.1, -0.05) is 30.0 Å². The minimum Gasteiger partial charge on any atom is -0.341 e. The number of carbonyl (C=O) groups is 1. The molecule has 0 bridgehead atoms. The van der Waals surface area contributed by atoms with Crippen molar-refractivity contribution in [2.75, 3.05) is 18.6 Å². The maximum absolute atomic E-state index is 13.3. The number of nitrogens with one attached hydrogen (secondary N) is 2. The summed E-state index contributed by atoms with van der Waals surface area (Å²) >= 11 is 6.13. The normalized spacial score (nSPS) is 18.3. The second kappa shape index (κ2) is 9.87. The fraction of sp³-hybridized carbons (Fsp3) is 0.500. The third kappa shape index (κ3) is 5.49. The molecule has 1 amide bonds. The fourth-order valence-corrected chi connectivity index (χ4v) is 5.62. The van der Waals surface area contributed by atoms with Crippen LogP contribution in [0.2, 0.25) is 0 Å². The molecule has 3 rings (SSSR count). The number of piperidine rings is 1. The van der Waals surface area contributed by atoms with Crippen molar-refractivity contribution in [2.45, 2.75) is 45.7 Å². The Bertz CT molecular complexity index is 1070. The van der Waals surface area contributed by atoms with Crippen molar-refractivity contribution >= 4 is 33.5 Å². The van der Waals surface area contributed by atoms with Gasteiger partial charge in [-0.3, -0.25) is 10.0 Å². The number of aromatic nitrogens is 2. The summed E-state index contributed by atoms with van der Waals surface area (Å²) in [7, 11) is -4.09. The van der Waals surface area contributed by atoms with Crippen LogP contribution < -0.4 is 10.2 Å². The van der Waals surface area contributed by atoms with Crippen LogP contribution >= 0.6 is 11.6 Å². The van der Waals surface area contributed by atoms with E-state index >= 15 is 0 Å². The zero-order chi connectivity index (χ0) is 22.6. The lowest BCUT2D eigenvalue weighted by molar-refractivity contribution is -0.134. The van der Waals surface area contributed by atoms with Gasteiger partial charge in [0, 0.05) is 43.7 Å². The van der Waals surface area contributed by atoms with Crippen LogP contribution in [0.5, 0.6) is 0 Å². The molecule has 0 aromatic carbocycles. The van der Waals surface area contributed by atoms with E-state index in [0.717, 1.165) is 12.8 Å². The molecule has 9 nitrogen and oxygen atoms in total. The number of carbonyl (C=O) groups excluding carboxylic acids is 1. The molecule has 2 heterocycles. The Morgan fingerprint density at radius 2 is 2.13 bits per heavy atom. The van der Waals surface area contributed by atoms with Crippen molar-refractivity contribution in [1.29, 1.82) is 0 Å². The van der Waals surface area contributed by atoms with Gasteiger partial charge in [-0.2, -0.15) is 4.72 Å². The van der Waals surface area contributed by atoms with Crippen molar-refractivity contribution < 1.29 is 18.4 Å².